The average Bonchev–Trinajstić information content (AvgIpc) is 2.77. The van der Waals surface area contributed by atoms with Crippen molar-refractivity contribution in [3.63, 3.8) is 0 Å². The highest BCUT2D eigenvalue weighted by Crippen LogP contribution is 2.62. The van der Waals surface area contributed by atoms with Gasteiger partial charge in [-0.15, -0.1) is 0 Å². The fourth-order valence-electron chi connectivity index (χ4n) is 1.90. The number of halogens is 4. The van der Waals surface area contributed by atoms with Crippen LogP contribution in [0.5, 0.6) is 0 Å². The summed E-state index contributed by atoms with van der Waals surface area (Å²) in [5, 5.41) is 8.81. The monoisotopic (exact) mass is 248 g/mol. The van der Waals surface area contributed by atoms with Gasteiger partial charge in [-0.3, -0.25) is 4.79 Å². The number of hydrogen-bond acceptors (Lipinski definition) is 1. The van der Waals surface area contributed by atoms with Crippen LogP contribution in [0.1, 0.15) is 17.5 Å². The second-order valence-corrected chi connectivity index (χ2v) is 4.17. The highest BCUT2D eigenvalue weighted by atomic mass is 19.3. The molecule has 92 valence electrons. The van der Waals surface area contributed by atoms with Crippen LogP contribution in [0.2, 0.25) is 0 Å². The molecule has 1 fully saturated rings. The number of carbonyl (C=O) groups is 1. The minimum Gasteiger partial charge on any atom is -0.480 e. The molecule has 1 atom stereocenters. The van der Waals surface area contributed by atoms with Crippen LogP contribution in [0.4, 0.5) is 17.6 Å². The smallest absolute Gasteiger partial charge is 0.320 e. The lowest BCUT2D eigenvalue weighted by Crippen LogP contribution is -2.28. The second-order valence-electron chi connectivity index (χ2n) is 4.17. The van der Waals surface area contributed by atoms with E-state index in [2.05, 4.69) is 0 Å². The van der Waals surface area contributed by atoms with Gasteiger partial charge in [-0.1, -0.05) is 0 Å². The van der Waals surface area contributed by atoms with Gasteiger partial charge < -0.3 is 5.11 Å². The Morgan fingerprint density at radius 2 is 1.82 bits per heavy atom. The van der Waals surface area contributed by atoms with Gasteiger partial charge in [0.2, 0.25) is 0 Å². The van der Waals surface area contributed by atoms with E-state index in [1.807, 2.05) is 0 Å². The van der Waals surface area contributed by atoms with E-state index >= 15 is 0 Å². The summed E-state index contributed by atoms with van der Waals surface area (Å²) in [5.74, 6) is -7.40. The Labute approximate surface area is 93.9 Å². The number of aryl methyl sites for hydroxylation is 1. The van der Waals surface area contributed by atoms with Crippen molar-refractivity contribution < 1.29 is 27.5 Å². The molecule has 6 heteroatoms. The molecular weight excluding hydrogens is 240 g/mol. The molecule has 2 rings (SSSR count). The molecule has 0 bridgehead atoms. The average molecular weight is 248 g/mol. The van der Waals surface area contributed by atoms with Crippen LogP contribution in [0, 0.1) is 18.6 Å². The van der Waals surface area contributed by atoms with Crippen LogP contribution in [0.25, 0.3) is 0 Å². The molecule has 1 aromatic rings. The molecule has 0 aromatic heterocycles. The highest BCUT2D eigenvalue weighted by Gasteiger charge is 2.78. The van der Waals surface area contributed by atoms with Crippen molar-refractivity contribution in [2.24, 2.45) is 0 Å². The van der Waals surface area contributed by atoms with E-state index in [4.69, 9.17) is 5.11 Å². The first-order chi connectivity index (χ1) is 7.72. The molecular formula is C11H8F4O2. The quantitative estimate of drug-likeness (QED) is 0.817. The number of rotatable bonds is 2. The molecule has 1 aliphatic rings. The minimum absolute atomic E-state index is 0.0595. The Morgan fingerprint density at radius 3 is 2.24 bits per heavy atom. The summed E-state index contributed by atoms with van der Waals surface area (Å²) < 4.78 is 53.0. The maximum absolute atomic E-state index is 13.5. The fourth-order valence-corrected chi connectivity index (χ4v) is 1.90. The lowest BCUT2D eigenvalue weighted by atomic mass is 9.93. The van der Waals surface area contributed by atoms with Gasteiger partial charge in [-0.2, -0.15) is 0 Å². The molecule has 1 aliphatic carbocycles. The number of hydrogen-bond donors (Lipinski definition) is 1. The molecule has 1 aromatic carbocycles. The number of alkyl halides is 2. The van der Waals surface area contributed by atoms with Gasteiger partial charge in [-0.25, -0.2) is 17.6 Å². The number of aliphatic carboxylic acids is 1. The Morgan fingerprint density at radius 1 is 1.29 bits per heavy atom. The Bertz CT molecular complexity index is 512. The van der Waals surface area contributed by atoms with Gasteiger partial charge in [0.1, 0.15) is 11.6 Å². The van der Waals surface area contributed by atoms with Crippen LogP contribution >= 0.6 is 0 Å². The van der Waals surface area contributed by atoms with Crippen molar-refractivity contribution in [1.82, 2.24) is 0 Å². The molecule has 0 aliphatic heterocycles. The summed E-state index contributed by atoms with van der Waals surface area (Å²) >= 11 is 0. The van der Waals surface area contributed by atoms with E-state index in [0.717, 1.165) is 6.07 Å². The molecule has 1 unspecified atom stereocenters. The number of benzene rings is 1. The van der Waals surface area contributed by atoms with Crippen molar-refractivity contribution in [2.45, 2.75) is 24.7 Å². The molecule has 0 spiro atoms. The first kappa shape index (κ1) is 11.9. The summed E-state index contributed by atoms with van der Waals surface area (Å²) in [4.78, 5) is 10.9. The first-order valence-electron chi connectivity index (χ1n) is 4.80. The van der Waals surface area contributed by atoms with E-state index in [-0.39, 0.29) is 5.56 Å². The van der Waals surface area contributed by atoms with Crippen molar-refractivity contribution in [2.75, 3.05) is 0 Å². The maximum atomic E-state index is 13.5. The van der Waals surface area contributed by atoms with Crippen molar-refractivity contribution in [1.29, 1.82) is 0 Å². The van der Waals surface area contributed by atoms with Crippen molar-refractivity contribution >= 4 is 5.97 Å². The van der Waals surface area contributed by atoms with E-state index < -0.39 is 40.9 Å². The molecule has 1 N–H and O–H groups in total. The summed E-state index contributed by atoms with van der Waals surface area (Å²) in [7, 11) is 0. The molecule has 17 heavy (non-hydrogen) atoms. The van der Waals surface area contributed by atoms with Crippen LogP contribution in [0.3, 0.4) is 0 Å². The van der Waals surface area contributed by atoms with Gasteiger partial charge in [0.15, 0.2) is 5.41 Å². The molecule has 0 heterocycles. The minimum atomic E-state index is -3.54. The SMILES string of the molecule is Cc1cc(F)c(C2(C(=O)O)CC2(F)F)cc1F. The summed E-state index contributed by atoms with van der Waals surface area (Å²) in [6.07, 6.45) is -1.01. The zero-order valence-corrected chi connectivity index (χ0v) is 8.73. The van der Waals surface area contributed by atoms with Gasteiger partial charge in [0.25, 0.3) is 5.92 Å². The summed E-state index contributed by atoms with van der Waals surface area (Å²) in [6, 6.07) is 1.27. The molecule has 1 saturated carbocycles. The highest BCUT2D eigenvalue weighted by molar-refractivity contribution is 5.87. The third-order valence-corrected chi connectivity index (χ3v) is 3.06. The molecule has 2 nitrogen and oxygen atoms in total. The molecule has 0 amide bonds. The standard InChI is InChI=1S/C11H8F4O2/c1-5-2-8(13)6(3-7(5)12)10(9(16)17)4-11(10,14)15/h2-3H,4H2,1H3,(H,16,17). The molecule has 0 radical (unpaired) electrons. The summed E-state index contributed by atoms with van der Waals surface area (Å²) in [5.41, 5.74) is -3.47. The largest absolute Gasteiger partial charge is 0.480 e. The van der Waals surface area contributed by atoms with Crippen LogP contribution in [-0.2, 0) is 10.2 Å². The fraction of sp³-hybridized carbons (Fsp3) is 0.364. The zero-order valence-electron chi connectivity index (χ0n) is 8.73. The predicted octanol–water partition coefficient (Wildman–Crippen LogP) is 2.63. The Hall–Kier alpha value is -1.59. The first-order valence-corrected chi connectivity index (χ1v) is 4.80. The second kappa shape index (κ2) is 3.21. The Balaban J connectivity index is 2.62. The molecule has 0 saturated heterocycles. The van der Waals surface area contributed by atoms with Crippen molar-refractivity contribution in [3.8, 4) is 0 Å². The van der Waals surface area contributed by atoms with Crippen LogP contribution < -0.4 is 0 Å². The maximum Gasteiger partial charge on any atom is 0.320 e. The third kappa shape index (κ3) is 1.43. The van der Waals surface area contributed by atoms with E-state index in [1.165, 1.54) is 6.92 Å². The summed E-state index contributed by atoms with van der Waals surface area (Å²) in [6.45, 7) is 1.26. The lowest BCUT2D eigenvalue weighted by molar-refractivity contribution is -0.143. The van der Waals surface area contributed by atoms with E-state index in [1.54, 1.807) is 0 Å². The third-order valence-electron chi connectivity index (χ3n) is 3.06. The normalized spacial score (nSPS) is 25.7. The van der Waals surface area contributed by atoms with Gasteiger partial charge in [0, 0.05) is 12.0 Å². The van der Waals surface area contributed by atoms with Crippen molar-refractivity contribution in [3.05, 3.63) is 34.9 Å². The lowest BCUT2D eigenvalue weighted by Gasteiger charge is -2.13. The zero-order chi connectivity index (χ0) is 13.0. The van der Waals surface area contributed by atoms with E-state index in [9.17, 15) is 22.4 Å². The van der Waals surface area contributed by atoms with Crippen LogP contribution in [-0.4, -0.2) is 17.0 Å². The number of carboxylic acids is 1. The topological polar surface area (TPSA) is 37.3 Å². The Kier molecular flexibility index (Phi) is 2.24. The van der Waals surface area contributed by atoms with Gasteiger partial charge in [-0.05, 0) is 24.6 Å². The van der Waals surface area contributed by atoms with E-state index in [0.29, 0.717) is 6.07 Å². The predicted molar refractivity (Wildman–Crippen MR) is 50.0 cm³/mol. The number of carboxylic acid groups (broad SMARTS) is 1. The van der Waals surface area contributed by atoms with Gasteiger partial charge in [0.05, 0.1) is 0 Å². The van der Waals surface area contributed by atoms with Gasteiger partial charge >= 0.3 is 5.97 Å². The van der Waals surface area contributed by atoms with Crippen LogP contribution in [0.15, 0.2) is 12.1 Å².